The average molecular weight is 363 g/mol. The van der Waals surface area contributed by atoms with E-state index in [9.17, 15) is 8.42 Å². The SMILES string of the molecule is COc1ccc(C(C)NS(=O)(=O)c2c(C)cc(OC)c(C)c2C)cc1. The molecule has 2 aromatic carbocycles. The highest BCUT2D eigenvalue weighted by atomic mass is 32.2. The van der Waals surface area contributed by atoms with Crippen LogP contribution < -0.4 is 14.2 Å². The van der Waals surface area contributed by atoms with Gasteiger partial charge in [-0.15, -0.1) is 0 Å². The summed E-state index contributed by atoms with van der Waals surface area (Å²) in [5, 5.41) is 0. The van der Waals surface area contributed by atoms with E-state index in [0.717, 1.165) is 16.9 Å². The number of hydrogen-bond acceptors (Lipinski definition) is 4. The highest BCUT2D eigenvalue weighted by Gasteiger charge is 2.24. The van der Waals surface area contributed by atoms with Gasteiger partial charge in [0.1, 0.15) is 11.5 Å². The van der Waals surface area contributed by atoms with Crippen molar-refractivity contribution in [3.05, 3.63) is 52.6 Å². The van der Waals surface area contributed by atoms with Gasteiger partial charge in [-0.2, -0.15) is 0 Å². The van der Waals surface area contributed by atoms with Gasteiger partial charge in [0.15, 0.2) is 0 Å². The second-order valence-corrected chi connectivity index (χ2v) is 7.74. The van der Waals surface area contributed by atoms with Crippen LogP contribution in [0.1, 0.15) is 35.2 Å². The summed E-state index contributed by atoms with van der Waals surface area (Å²) in [5.41, 5.74) is 3.05. The summed E-state index contributed by atoms with van der Waals surface area (Å²) in [6.45, 7) is 7.26. The second kappa shape index (κ2) is 7.45. The topological polar surface area (TPSA) is 64.6 Å². The summed E-state index contributed by atoms with van der Waals surface area (Å²) in [6.07, 6.45) is 0. The molecule has 2 aromatic rings. The predicted molar refractivity (Wildman–Crippen MR) is 98.9 cm³/mol. The maximum atomic E-state index is 13.0. The van der Waals surface area contributed by atoms with Crippen LogP contribution in [0.15, 0.2) is 35.2 Å². The fraction of sp³-hybridized carbons (Fsp3) is 0.368. The lowest BCUT2D eigenvalue weighted by Crippen LogP contribution is -2.28. The van der Waals surface area contributed by atoms with E-state index < -0.39 is 10.0 Å². The first-order chi connectivity index (χ1) is 11.7. The van der Waals surface area contributed by atoms with Crippen LogP contribution in [0.4, 0.5) is 0 Å². The lowest BCUT2D eigenvalue weighted by atomic mass is 10.1. The minimum absolute atomic E-state index is 0.311. The zero-order valence-corrected chi connectivity index (χ0v) is 16.3. The molecule has 0 fully saturated rings. The first-order valence-corrected chi connectivity index (χ1v) is 9.50. The van der Waals surface area contributed by atoms with Gasteiger partial charge >= 0.3 is 0 Å². The molecule has 0 saturated heterocycles. The summed E-state index contributed by atoms with van der Waals surface area (Å²) in [4.78, 5) is 0.311. The standard InChI is InChI=1S/C19H25NO4S/c1-12-11-18(24-6)13(2)14(3)19(12)25(21,22)20-15(4)16-7-9-17(23-5)10-8-16/h7-11,15,20H,1-6H3. The van der Waals surface area contributed by atoms with Crippen LogP contribution in [0.25, 0.3) is 0 Å². The summed E-state index contributed by atoms with van der Waals surface area (Å²) in [7, 11) is -0.490. The molecule has 1 N–H and O–H groups in total. The number of methoxy groups -OCH3 is 2. The predicted octanol–water partition coefficient (Wildman–Crippen LogP) is 3.67. The molecule has 0 spiro atoms. The summed E-state index contributed by atoms with van der Waals surface area (Å²) < 4.78 is 39.1. The van der Waals surface area contributed by atoms with Crippen molar-refractivity contribution in [1.29, 1.82) is 0 Å². The normalized spacial score (nSPS) is 12.7. The van der Waals surface area contributed by atoms with Gasteiger partial charge in [0.05, 0.1) is 19.1 Å². The molecular weight excluding hydrogens is 338 g/mol. The Bertz CT molecular complexity index is 858. The third-order valence-electron chi connectivity index (χ3n) is 4.41. The number of hydrogen-bond donors (Lipinski definition) is 1. The quantitative estimate of drug-likeness (QED) is 0.850. The Kier molecular flexibility index (Phi) is 5.75. The van der Waals surface area contributed by atoms with Crippen molar-refractivity contribution < 1.29 is 17.9 Å². The van der Waals surface area contributed by atoms with Gasteiger partial charge in [0.25, 0.3) is 0 Å². The summed E-state index contributed by atoms with van der Waals surface area (Å²) in [5.74, 6) is 1.42. The molecule has 5 nitrogen and oxygen atoms in total. The zero-order chi connectivity index (χ0) is 18.8. The second-order valence-electron chi connectivity index (χ2n) is 6.09. The Balaban J connectivity index is 2.37. The van der Waals surface area contributed by atoms with Crippen molar-refractivity contribution in [2.45, 2.75) is 38.6 Å². The molecule has 0 radical (unpaired) electrons. The van der Waals surface area contributed by atoms with Crippen LogP contribution in [0.3, 0.4) is 0 Å². The first-order valence-electron chi connectivity index (χ1n) is 8.02. The Morgan fingerprint density at radius 1 is 0.960 bits per heavy atom. The molecule has 0 aromatic heterocycles. The fourth-order valence-electron chi connectivity index (χ4n) is 2.90. The van der Waals surface area contributed by atoms with Gasteiger partial charge in [-0.1, -0.05) is 12.1 Å². The van der Waals surface area contributed by atoms with E-state index in [-0.39, 0.29) is 6.04 Å². The highest BCUT2D eigenvalue weighted by molar-refractivity contribution is 7.89. The Hall–Kier alpha value is -2.05. The van der Waals surface area contributed by atoms with E-state index in [0.29, 0.717) is 21.8 Å². The van der Waals surface area contributed by atoms with Crippen LogP contribution in [0, 0.1) is 20.8 Å². The van der Waals surface area contributed by atoms with E-state index >= 15 is 0 Å². The summed E-state index contributed by atoms with van der Waals surface area (Å²) in [6, 6.07) is 8.73. The smallest absolute Gasteiger partial charge is 0.241 e. The minimum atomic E-state index is -3.67. The van der Waals surface area contributed by atoms with Gasteiger partial charge < -0.3 is 9.47 Å². The lowest BCUT2D eigenvalue weighted by molar-refractivity contribution is 0.410. The molecule has 0 aliphatic carbocycles. The van der Waals surface area contributed by atoms with Gasteiger partial charge in [-0.25, -0.2) is 13.1 Å². The largest absolute Gasteiger partial charge is 0.497 e. The van der Waals surface area contributed by atoms with Gasteiger partial charge in [-0.3, -0.25) is 0 Å². The average Bonchev–Trinajstić information content (AvgIpc) is 2.57. The number of ether oxygens (including phenoxy) is 2. The first kappa shape index (κ1) is 19.3. The van der Waals surface area contributed by atoms with Crippen LogP contribution in [0.2, 0.25) is 0 Å². The fourth-order valence-corrected chi connectivity index (χ4v) is 4.66. The monoisotopic (exact) mass is 363 g/mol. The summed E-state index contributed by atoms with van der Waals surface area (Å²) >= 11 is 0. The van der Waals surface area contributed by atoms with Crippen molar-refractivity contribution >= 4 is 10.0 Å². The van der Waals surface area contributed by atoms with E-state index in [1.165, 1.54) is 0 Å². The Morgan fingerprint density at radius 3 is 2.08 bits per heavy atom. The number of aryl methyl sites for hydroxylation is 1. The maximum absolute atomic E-state index is 13.0. The number of nitrogens with one attached hydrogen (secondary N) is 1. The van der Waals surface area contributed by atoms with Crippen LogP contribution in [-0.2, 0) is 10.0 Å². The molecule has 0 saturated carbocycles. The molecule has 25 heavy (non-hydrogen) atoms. The van der Waals surface area contributed by atoms with Gasteiger partial charge in [0, 0.05) is 6.04 Å². The molecule has 6 heteroatoms. The molecule has 0 aliphatic heterocycles. The molecule has 1 unspecified atom stereocenters. The number of benzene rings is 2. The van der Waals surface area contributed by atoms with Gasteiger partial charge in [-0.05, 0) is 68.1 Å². The van der Waals surface area contributed by atoms with Crippen LogP contribution >= 0.6 is 0 Å². The van der Waals surface area contributed by atoms with Crippen molar-refractivity contribution in [3.8, 4) is 11.5 Å². The number of rotatable bonds is 6. The van der Waals surface area contributed by atoms with E-state index in [2.05, 4.69) is 4.72 Å². The molecule has 1 atom stereocenters. The Morgan fingerprint density at radius 2 is 1.56 bits per heavy atom. The van der Waals surface area contributed by atoms with Crippen molar-refractivity contribution in [2.24, 2.45) is 0 Å². The van der Waals surface area contributed by atoms with E-state index in [1.54, 1.807) is 34.1 Å². The molecule has 136 valence electrons. The highest BCUT2D eigenvalue weighted by Crippen LogP contribution is 2.31. The van der Waals surface area contributed by atoms with E-state index in [4.69, 9.17) is 9.47 Å². The molecular formula is C19H25NO4S. The molecule has 0 heterocycles. The van der Waals surface area contributed by atoms with Gasteiger partial charge in [0.2, 0.25) is 10.0 Å². The third kappa shape index (κ3) is 3.96. The van der Waals surface area contributed by atoms with E-state index in [1.807, 2.05) is 38.1 Å². The van der Waals surface area contributed by atoms with Crippen molar-refractivity contribution in [3.63, 3.8) is 0 Å². The van der Waals surface area contributed by atoms with Crippen molar-refractivity contribution in [2.75, 3.05) is 14.2 Å². The zero-order valence-electron chi connectivity index (χ0n) is 15.5. The minimum Gasteiger partial charge on any atom is -0.497 e. The Labute approximate surface area is 150 Å². The lowest BCUT2D eigenvalue weighted by Gasteiger charge is -2.20. The number of sulfonamides is 1. The third-order valence-corrected chi connectivity index (χ3v) is 6.24. The molecule has 2 rings (SSSR count). The van der Waals surface area contributed by atoms with Crippen molar-refractivity contribution in [1.82, 2.24) is 4.72 Å². The molecule has 0 amide bonds. The maximum Gasteiger partial charge on any atom is 0.241 e. The molecule has 0 aliphatic rings. The van der Waals surface area contributed by atoms with Crippen LogP contribution in [0.5, 0.6) is 11.5 Å². The molecule has 0 bridgehead atoms. The van der Waals surface area contributed by atoms with Crippen LogP contribution in [-0.4, -0.2) is 22.6 Å².